The van der Waals surface area contributed by atoms with E-state index in [1.54, 1.807) is 17.1 Å². The number of hydrogen-bond donors (Lipinski definition) is 0. The first-order valence-corrected chi connectivity index (χ1v) is 4.79. The fraction of sp³-hybridized carbons (Fsp3) is 0.167. The summed E-state index contributed by atoms with van der Waals surface area (Å²) in [6, 6.07) is 7.99. The van der Waals surface area contributed by atoms with Gasteiger partial charge in [-0.1, -0.05) is 17.7 Å². The summed E-state index contributed by atoms with van der Waals surface area (Å²) < 4.78 is 1.70. The van der Waals surface area contributed by atoms with Gasteiger partial charge in [-0.05, 0) is 26.0 Å². The summed E-state index contributed by atoms with van der Waals surface area (Å²) in [6.45, 7) is 3.57. The molecule has 2 aromatic rings. The number of ketones is 1. The Kier molecular flexibility index (Phi) is 2.37. The summed E-state index contributed by atoms with van der Waals surface area (Å²) in [5.74, 6) is 0.0355. The average molecular weight is 200 g/mol. The second-order valence-electron chi connectivity index (χ2n) is 3.57. The Morgan fingerprint density at radius 2 is 1.93 bits per heavy atom. The molecule has 0 amide bonds. The number of carbonyl (C=O) groups excluding carboxylic acids is 1. The SMILES string of the molecule is CC(=O)c1cnn(-c2ccc(C)cc2)c1. The van der Waals surface area contributed by atoms with Crippen molar-refractivity contribution in [3.8, 4) is 5.69 Å². The molecule has 0 aliphatic heterocycles. The molecule has 3 nitrogen and oxygen atoms in total. The zero-order chi connectivity index (χ0) is 10.8. The lowest BCUT2D eigenvalue weighted by atomic mass is 10.2. The van der Waals surface area contributed by atoms with Gasteiger partial charge in [-0.25, -0.2) is 4.68 Å². The van der Waals surface area contributed by atoms with Gasteiger partial charge in [-0.2, -0.15) is 5.10 Å². The largest absolute Gasteiger partial charge is 0.294 e. The van der Waals surface area contributed by atoms with Crippen LogP contribution in [-0.2, 0) is 0 Å². The Bertz CT molecular complexity index is 483. The maximum Gasteiger partial charge on any atom is 0.162 e. The molecule has 76 valence electrons. The van der Waals surface area contributed by atoms with Crippen molar-refractivity contribution in [3.63, 3.8) is 0 Å². The molecular formula is C12H12N2O. The standard InChI is InChI=1S/C12H12N2O/c1-9-3-5-12(6-4-9)14-8-11(7-13-14)10(2)15/h3-8H,1-2H3. The summed E-state index contributed by atoms with van der Waals surface area (Å²) in [5.41, 5.74) is 2.81. The number of rotatable bonds is 2. The molecule has 1 aromatic carbocycles. The minimum atomic E-state index is 0.0355. The maximum absolute atomic E-state index is 11.1. The van der Waals surface area contributed by atoms with Gasteiger partial charge < -0.3 is 0 Å². The molecule has 0 bridgehead atoms. The minimum absolute atomic E-state index is 0.0355. The van der Waals surface area contributed by atoms with Crippen molar-refractivity contribution in [1.29, 1.82) is 0 Å². The maximum atomic E-state index is 11.1. The van der Waals surface area contributed by atoms with Crippen LogP contribution in [0.15, 0.2) is 36.7 Å². The highest BCUT2D eigenvalue weighted by atomic mass is 16.1. The van der Waals surface area contributed by atoms with Crippen molar-refractivity contribution in [2.45, 2.75) is 13.8 Å². The number of carbonyl (C=O) groups is 1. The lowest BCUT2D eigenvalue weighted by Gasteiger charge is -2.00. The van der Waals surface area contributed by atoms with Crippen LogP contribution in [0.5, 0.6) is 0 Å². The fourth-order valence-electron chi connectivity index (χ4n) is 1.34. The molecule has 0 unspecified atom stereocenters. The number of benzene rings is 1. The Hall–Kier alpha value is -1.90. The smallest absolute Gasteiger partial charge is 0.162 e. The molecule has 0 spiro atoms. The summed E-state index contributed by atoms with van der Waals surface area (Å²) in [4.78, 5) is 11.1. The van der Waals surface area contributed by atoms with E-state index in [2.05, 4.69) is 5.10 Å². The Labute approximate surface area is 88.4 Å². The molecule has 0 fully saturated rings. The molecule has 0 aliphatic rings. The van der Waals surface area contributed by atoms with Crippen LogP contribution in [0.4, 0.5) is 0 Å². The van der Waals surface area contributed by atoms with E-state index < -0.39 is 0 Å². The first-order valence-electron chi connectivity index (χ1n) is 4.79. The first-order chi connectivity index (χ1) is 7.16. The van der Waals surface area contributed by atoms with Gasteiger partial charge in [0.05, 0.1) is 17.4 Å². The topological polar surface area (TPSA) is 34.9 Å². The number of Topliss-reactive ketones (excluding diaryl/α,β-unsaturated/α-hetero) is 1. The number of aryl methyl sites for hydroxylation is 1. The minimum Gasteiger partial charge on any atom is -0.294 e. The van der Waals surface area contributed by atoms with Crippen LogP contribution in [0.3, 0.4) is 0 Å². The zero-order valence-electron chi connectivity index (χ0n) is 8.77. The molecule has 0 saturated carbocycles. The van der Waals surface area contributed by atoms with E-state index in [4.69, 9.17) is 0 Å². The molecule has 2 rings (SSSR count). The van der Waals surface area contributed by atoms with Gasteiger partial charge in [0, 0.05) is 6.20 Å². The number of hydrogen-bond acceptors (Lipinski definition) is 2. The lowest BCUT2D eigenvalue weighted by Crippen LogP contribution is -1.94. The molecule has 1 aromatic heterocycles. The summed E-state index contributed by atoms with van der Waals surface area (Å²) in [7, 11) is 0. The van der Waals surface area contributed by atoms with Crippen LogP contribution in [-0.4, -0.2) is 15.6 Å². The van der Waals surface area contributed by atoms with Crippen molar-refractivity contribution in [1.82, 2.24) is 9.78 Å². The van der Waals surface area contributed by atoms with E-state index in [-0.39, 0.29) is 5.78 Å². The van der Waals surface area contributed by atoms with Crippen LogP contribution in [0.25, 0.3) is 5.69 Å². The van der Waals surface area contributed by atoms with Gasteiger partial charge in [0.25, 0.3) is 0 Å². The molecule has 0 atom stereocenters. The van der Waals surface area contributed by atoms with E-state index in [1.165, 1.54) is 12.5 Å². The summed E-state index contributed by atoms with van der Waals surface area (Å²) in [6.07, 6.45) is 3.33. The summed E-state index contributed by atoms with van der Waals surface area (Å²) >= 11 is 0. The number of nitrogens with zero attached hydrogens (tertiary/aromatic N) is 2. The van der Waals surface area contributed by atoms with E-state index >= 15 is 0 Å². The Morgan fingerprint density at radius 1 is 1.27 bits per heavy atom. The monoisotopic (exact) mass is 200 g/mol. The third kappa shape index (κ3) is 1.96. The van der Waals surface area contributed by atoms with E-state index in [0.29, 0.717) is 5.56 Å². The molecular weight excluding hydrogens is 188 g/mol. The van der Waals surface area contributed by atoms with Crippen molar-refractivity contribution >= 4 is 5.78 Å². The Morgan fingerprint density at radius 3 is 2.47 bits per heavy atom. The van der Waals surface area contributed by atoms with Gasteiger partial charge in [-0.15, -0.1) is 0 Å². The predicted octanol–water partition coefficient (Wildman–Crippen LogP) is 2.38. The number of aromatic nitrogens is 2. The van der Waals surface area contributed by atoms with Gasteiger partial charge in [0.15, 0.2) is 5.78 Å². The van der Waals surface area contributed by atoms with Crippen LogP contribution in [0.2, 0.25) is 0 Å². The molecule has 0 saturated heterocycles. The van der Waals surface area contributed by atoms with Gasteiger partial charge in [0.1, 0.15) is 0 Å². The molecule has 3 heteroatoms. The van der Waals surface area contributed by atoms with Crippen LogP contribution in [0.1, 0.15) is 22.8 Å². The van der Waals surface area contributed by atoms with Gasteiger partial charge >= 0.3 is 0 Å². The lowest BCUT2D eigenvalue weighted by molar-refractivity contribution is 0.101. The van der Waals surface area contributed by atoms with Crippen molar-refractivity contribution in [3.05, 3.63) is 47.8 Å². The van der Waals surface area contributed by atoms with Crippen molar-refractivity contribution in [2.75, 3.05) is 0 Å². The molecule has 1 heterocycles. The second kappa shape index (κ2) is 3.69. The van der Waals surface area contributed by atoms with Crippen LogP contribution < -0.4 is 0 Å². The van der Waals surface area contributed by atoms with E-state index in [1.807, 2.05) is 31.2 Å². The first kappa shape index (κ1) is 9.65. The van der Waals surface area contributed by atoms with Crippen LogP contribution >= 0.6 is 0 Å². The van der Waals surface area contributed by atoms with Gasteiger partial charge in [-0.3, -0.25) is 4.79 Å². The Balaban J connectivity index is 2.37. The van der Waals surface area contributed by atoms with Crippen LogP contribution in [0, 0.1) is 6.92 Å². The van der Waals surface area contributed by atoms with E-state index in [0.717, 1.165) is 5.69 Å². The third-order valence-electron chi connectivity index (χ3n) is 2.29. The van der Waals surface area contributed by atoms with E-state index in [9.17, 15) is 4.79 Å². The average Bonchev–Trinajstić information content (AvgIpc) is 2.68. The molecule has 0 radical (unpaired) electrons. The zero-order valence-corrected chi connectivity index (χ0v) is 8.77. The normalized spacial score (nSPS) is 10.3. The highest BCUT2D eigenvalue weighted by Crippen LogP contribution is 2.09. The highest BCUT2D eigenvalue weighted by molar-refractivity contribution is 5.93. The molecule has 0 aliphatic carbocycles. The second-order valence-corrected chi connectivity index (χ2v) is 3.57. The van der Waals surface area contributed by atoms with Crippen molar-refractivity contribution in [2.24, 2.45) is 0 Å². The fourth-order valence-corrected chi connectivity index (χ4v) is 1.34. The molecule has 15 heavy (non-hydrogen) atoms. The van der Waals surface area contributed by atoms with Crippen molar-refractivity contribution < 1.29 is 4.79 Å². The third-order valence-corrected chi connectivity index (χ3v) is 2.29. The van der Waals surface area contributed by atoms with Gasteiger partial charge in [0.2, 0.25) is 0 Å². The highest BCUT2D eigenvalue weighted by Gasteiger charge is 2.03. The quantitative estimate of drug-likeness (QED) is 0.697. The summed E-state index contributed by atoms with van der Waals surface area (Å²) in [5, 5.41) is 4.13. The molecule has 0 N–H and O–H groups in total. The predicted molar refractivity (Wildman–Crippen MR) is 58.3 cm³/mol.